The molecule has 0 aliphatic carbocycles. The van der Waals surface area contributed by atoms with Gasteiger partial charge in [-0.05, 0) is 58.0 Å². The van der Waals surface area contributed by atoms with Crippen LogP contribution < -0.4 is 21.9 Å². The molecule has 1 amide bonds. The summed E-state index contributed by atoms with van der Waals surface area (Å²) >= 11 is 2.24. The number of hydrazine groups is 1. The van der Waals surface area contributed by atoms with E-state index < -0.39 is 5.92 Å². The molecule has 0 unspecified atom stereocenters. The van der Waals surface area contributed by atoms with Crippen molar-refractivity contribution in [2.45, 2.75) is 5.92 Å². The number of carbonyl (C=O) groups excluding carboxylic acids is 1. The molecule has 7 nitrogen and oxygen atoms in total. The van der Waals surface area contributed by atoms with Crippen molar-refractivity contribution in [3.63, 3.8) is 0 Å². The Morgan fingerprint density at radius 1 is 0.812 bits per heavy atom. The van der Waals surface area contributed by atoms with Gasteiger partial charge in [0.25, 0.3) is 0 Å². The highest BCUT2D eigenvalue weighted by Gasteiger charge is 2.23. The Balaban J connectivity index is 1.52. The first-order valence-corrected chi connectivity index (χ1v) is 11.0. The zero-order valence-electron chi connectivity index (χ0n) is 17.0. The van der Waals surface area contributed by atoms with Gasteiger partial charge in [-0.2, -0.15) is 0 Å². The SMILES string of the molecule is Nc1c(NNC(=O)C(c2ccccc2)c2ccccc2)ncnc1Nc1ccc(I)cc1. The average molecular weight is 536 g/mol. The third-order valence-electron chi connectivity index (χ3n) is 4.82. The van der Waals surface area contributed by atoms with Crippen LogP contribution in [0.4, 0.5) is 23.0 Å². The molecule has 0 bridgehead atoms. The zero-order chi connectivity index (χ0) is 22.3. The number of anilines is 4. The molecule has 0 radical (unpaired) electrons. The average Bonchev–Trinajstić information content (AvgIpc) is 2.82. The van der Waals surface area contributed by atoms with Gasteiger partial charge in [-0.25, -0.2) is 9.97 Å². The highest BCUT2D eigenvalue weighted by atomic mass is 127. The van der Waals surface area contributed by atoms with Crippen LogP contribution in [0.3, 0.4) is 0 Å². The smallest absolute Gasteiger partial charge is 0.250 e. The molecule has 4 rings (SSSR count). The van der Waals surface area contributed by atoms with Gasteiger partial charge in [0.05, 0.1) is 5.92 Å². The van der Waals surface area contributed by atoms with E-state index in [1.165, 1.54) is 6.33 Å². The minimum atomic E-state index is -0.489. The van der Waals surface area contributed by atoms with Crippen LogP contribution in [0.1, 0.15) is 17.0 Å². The first kappa shape index (κ1) is 21.6. The van der Waals surface area contributed by atoms with Crippen LogP contribution in [0.25, 0.3) is 0 Å². The fourth-order valence-corrected chi connectivity index (χ4v) is 3.60. The highest BCUT2D eigenvalue weighted by molar-refractivity contribution is 14.1. The van der Waals surface area contributed by atoms with Crippen LogP contribution in [0.2, 0.25) is 0 Å². The first-order chi connectivity index (χ1) is 15.6. The fraction of sp³-hybridized carbons (Fsp3) is 0.0417. The van der Waals surface area contributed by atoms with Crippen LogP contribution in [0.15, 0.2) is 91.3 Å². The number of hydrogen-bond donors (Lipinski definition) is 4. The van der Waals surface area contributed by atoms with Crippen molar-refractivity contribution in [1.29, 1.82) is 0 Å². The number of nitrogens with one attached hydrogen (secondary N) is 3. The van der Waals surface area contributed by atoms with Gasteiger partial charge < -0.3 is 11.1 Å². The zero-order valence-corrected chi connectivity index (χ0v) is 19.2. The number of nitrogens with zero attached hydrogens (tertiary/aromatic N) is 2. The second kappa shape index (κ2) is 10.1. The summed E-state index contributed by atoms with van der Waals surface area (Å²) in [6.45, 7) is 0. The molecule has 0 saturated heterocycles. The molecule has 3 aromatic carbocycles. The molecule has 32 heavy (non-hydrogen) atoms. The Morgan fingerprint density at radius 3 is 1.97 bits per heavy atom. The van der Waals surface area contributed by atoms with E-state index in [0.717, 1.165) is 20.4 Å². The summed E-state index contributed by atoms with van der Waals surface area (Å²) in [7, 11) is 0. The Kier molecular flexibility index (Phi) is 6.81. The van der Waals surface area contributed by atoms with Gasteiger partial charge in [-0.1, -0.05) is 60.7 Å². The summed E-state index contributed by atoms with van der Waals surface area (Å²) in [6.07, 6.45) is 1.38. The molecule has 1 aromatic heterocycles. The minimum absolute atomic E-state index is 0.229. The highest BCUT2D eigenvalue weighted by Crippen LogP contribution is 2.27. The summed E-state index contributed by atoms with van der Waals surface area (Å²) in [5, 5.41) is 3.17. The van der Waals surface area contributed by atoms with Crippen molar-refractivity contribution < 1.29 is 4.79 Å². The van der Waals surface area contributed by atoms with E-state index >= 15 is 0 Å². The predicted molar refractivity (Wildman–Crippen MR) is 135 cm³/mol. The summed E-state index contributed by atoms with van der Waals surface area (Å²) in [4.78, 5) is 21.5. The number of aromatic nitrogens is 2. The lowest BCUT2D eigenvalue weighted by molar-refractivity contribution is -0.121. The van der Waals surface area contributed by atoms with E-state index in [1.807, 2.05) is 84.9 Å². The Morgan fingerprint density at radius 2 is 1.38 bits per heavy atom. The molecular weight excluding hydrogens is 515 g/mol. The van der Waals surface area contributed by atoms with Crippen LogP contribution in [-0.4, -0.2) is 15.9 Å². The van der Waals surface area contributed by atoms with E-state index in [1.54, 1.807) is 0 Å². The number of rotatable bonds is 7. The number of halogens is 1. The summed E-state index contributed by atoms with van der Waals surface area (Å²) < 4.78 is 1.13. The van der Waals surface area contributed by atoms with E-state index in [0.29, 0.717) is 17.3 Å². The monoisotopic (exact) mass is 536 g/mol. The minimum Gasteiger partial charge on any atom is -0.393 e. The van der Waals surface area contributed by atoms with Crippen LogP contribution in [0, 0.1) is 3.57 Å². The van der Waals surface area contributed by atoms with Gasteiger partial charge in [0, 0.05) is 9.26 Å². The van der Waals surface area contributed by atoms with Crippen molar-refractivity contribution in [2.24, 2.45) is 0 Å². The van der Waals surface area contributed by atoms with Crippen LogP contribution in [0.5, 0.6) is 0 Å². The van der Waals surface area contributed by atoms with Gasteiger partial charge in [-0.15, -0.1) is 0 Å². The Bertz CT molecular complexity index is 1150. The van der Waals surface area contributed by atoms with Crippen molar-refractivity contribution in [3.05, 3.63) is 106 Å². The van der Waals surface area contributed by atoms with Crippen molar-refractivity contribution >= 4 is 51.5 Å². The molecule has 0 atom stereocenters. The lowest BCUT2D eigenvalue weighted by Crippen LogP contribution is -2.35. The Labute approximate surface area is 199 Å². The normalized spacial score (nSPS) is 10.6. The first-order valence-electron chi connectivity index (χ1n) is 9.90. The maximum atomic E-state index is 13.2. The van der Waals surface area contributed by atoms with Gasteiger partial charge in [-0.3, -0.25) is 15.6 Å². The lowest BCUT2D eigenvalue weighted by atomic mass is 9.91. The molecule has 5 N–H and O–H groups in total. The molecule has 1 heterocycles. The number of nitrogens with two attached hydrogens (primary N) is 1. The summed E-state index contributed by atoms with van der Waals surface area (Å²) in [6, 6.07) is 27.0. The fourth-order valence-electron chi connectivity index (χ4n) is 3.24. The van der Waals surface area contributed by atoms with Gasteiger partial charge in [0.15, 0.2) is 11.6 Å². The number of nitrogen functional groups attached to an aromatic ring is 1. The number of amides is 1. The topological polar surface area (TPSA) is 105 Å². The lowest BCUT2D eigenvalue weighted by Gasteiger charge is -2.19. The second-order valence-electron chi connectivity index (χ2n) is 6.99. The summed E-state index contributed by atoms with van der Waals surface area (Å²) in [5.41, 5.74) is 14.7. The molecule has 0 fully saturated rings. The predicted octanol–water partition coefficient (Wildman–Crippen LogP) is 4.68. The standard InChI is InChI=1S/C24H21IN6O/c25-18-11-13-19(14-12-18)29-22-21(26)23(28-15-27-22)30-31-24(32)20(16-7-3-1-4-8-16)17-9-5-2-6-10-17/h1-15,20H,26H2,(H,31,32)(H2,27,28,29,30). The van der Waals surface area contributed by atoms with Crippen molar-refractivity contribution in [2.75, 3.05) is 16.5 Å². The molecule has 0 spiro atoms. The van der Waals surface area contributed by atoms with Crippen molar-refractivity contribution in [1.82, 2.24) is 15.4 Å². The van der Waals surface area contributed by atoms with Crippen molar-refractivity contribution in [3.8, 4) is 0 Å². The molecule has 8 heteroatoms. The number of hydrogen-bond acceptors (Lipinski definition) is 6. The van der Waals surface area contributed by atoms with E-state index in [4.69, 9.17) is 5.73 Å². The quantitative estimate of drug-likeness (QED) is 0.202. The van der Waals surface area contributed by atoms with E-state index in [2.05, 4.69) is 48.7 Å². The molecule has 0 saturated carbocycles. The molecule has 0 aliphatic rings. The summed E-state index contributed by atoms with van der Waals surface area (Å²) in [5.74, 6) is 0.0340. The number of carbonyl (C=O) groups is 1. The molecule has 4 aromatic rings. The third-order valence-corrected chi connectivity index (χ3v) is 5.54. The largest absolute Gasteiger partial charge is 0.393 e. The molecule has 0 aliphatic heterocycles. The maximum Gasteiger partial charge on any atom is 0.250 e. The van der Waals surface area contributed by atoms with Gasteiger partial charge >= 0.3 is 0 Å². The van der Waals surface area contributed by atoms with E-state index in [9.17, 15) is 4.79 Å². The van der Waals surface area contributed by atoms with Crippen LogP contribution >= 0.6 is 22.6 Å². The maximum absolute atomic E-state index is 13.2. The Hall–Kier alpha value is -3.66. The molecule has 160 valence electrons. The van der Waals surface area contributed by atoms with Gasteiger partial charge in [0.2, 0.25) is 5.91 Å². The third kappa shape index (κ3) is 5.14. The van der Waals surface area contributed by atoms with Crippen LogP contribution in [-0.2, 0) is 4.79 Å². The van der Waals surface area contributed by atoms with Gasteiger partial charge in [0.1, 0.15) is 12.0 Å². The number of benzene rings is 3. The second-order valence-corrected chi connectivity index (χ2v) is 8.23. The van der Waals surface area contributed by atoms with E-state index in [-0.39, 0.29) is 5.91 Å². The molecular formula is C24H21IN6O.